The number of hydrogen-bond donors (Lipinski definition) is 2. The van der Waals surface area contributed by atoms with Crippen molar-refractivity contribution in [1.82, 2.24) is 15.5 Å². The Hall–Kier alpha value is -0.0300. The average molecular weight is 408 g/mol. The zero-order valence-corrected chi connectivity index (χ0v) is 18.0. The van der Waals surface area contributed by atoms with Crippen LogP contribution in [0.15, 0.2) is 0 Å². The van der Waals surface area contributed by atoms with Crippen LogP contribution in [0.5, 0.6) is 0 Å². The minimum absolute atomic E-state index is 0. The van der Waals surface area contributed by atoms with E-state index in [1.54, 1.807) is 0 Å². The number of nitrogens with one attached hydrogen (secondary N) is 2. The zero-order valence-electron chi connectivity index (χ0n) is 16.4. The maximum atomic E-state index is 12.4. The van der Waals surface area contributed by atoms with E-state index in [1.165, 1.54) is 58.0 Å². The smallest absolute Gasteiger partial charge is 0.220 e. The fraction of sp³-hybridized carbons (Fsp3) is 0.950. The first kappa shape index (κ1) is 24.0. The van der Waals surface area contributed by atoms with Gasteiger partial charge in [0.05, 0.1) is 0 Å². The number of nitrogens with zero attached hydrogens (tertiary/aromatic N) is 1. The number of amides is 1. The standard InChI is InChI=1S/C20H37N3O.2ClH/c1-16(17-7-11-21-12-8-17)15-20(24)22-18-9-13-23(14-10-18)19-5-3-2-4-6-19;;/h16-19,21H,2-15H2,1H3,(H,22,24);2*1H. The van der Waals surface area contributed by atoms with Crippen LogP contribution in [0.3, 0.4) is 0 Å². The van der Waals surface area contributed by atoms with Crippen LogP contribution in [0.25, 0.3) is 0 Å². The summed E-state index contributed by atoms with van der Waals surface area (Å²) in [6.07, 6.45) is 12.5. The molecular weight excluding hydrogens is 369 g/mol. The van der Waals surface area contributed by atoms with Crippen molar-refractivity contribution in [2.75, 3.05) is 26.2 Å². The van der Waals surface area contributed by atoms with Crippen molar-refractivity contribution in [3.8, 4) is 0 Å². The van der Waals surface area contributed by atoms with Gasteiger partial charge in [-0.25, -0.2) is 0 Å². The van der Waals surface area contributed by atoms with Gasteiger partial charge in [-0.1, -0.05) is 26.2 Å². The molecule has 2 saturated heterocycles. The van der Waals surface area contributed by atoms with Gasteiger partial charge in [0, 0.05) is 31.6 Å². The largest absolute Gasteiger partial charge is 0.353 e. The minimum atomic E-state index is 0. The van der Waals surface area contributed by atoms with E-state index in [9.17, 15) is 4.79 Å². The lowest BCUT2D eigenvalue weighted by Crippen LogP contribution is -2.48. The molecule has 1 saturated carbocycles. The molecule has 1 unspecified atom stereocenters. The topological polar surface area (TPSA) is 44.4 Å². The highest BCUT2D eigenvalue weighted by molar-refractivity contribution is 5.85. The molecule has 154 valence electrons. The minimum Gasteiger partial charge on any atom is -0.353 e. The van der Waals surface area contributed by atoms with E-state index in [1.807, 2.05) is 0 Å². The fourth-order valence-corrected chi connectivity index (χ4v) is 5.01. The predicted octanol–water partition coefficient (Wildman–Crippen LogP) is 3.77. The van der Waals surface area contributed by atoms with E-state index in [0.29, 0.717) is 18.4 Å². The molecule has 1 amide bonds. The van der Waals surface area contributed by atoms with Gasteiger partial charge in [0.2, 0.25) is 5.91 Å². The average Bonchev–Trinajstić information content (AvgIpc) is 2.64. The second-order valence-corrected chi connectivity index (χ2v) is 8.44. The van der Waals surface area contributed by atoms with Crippen molar-refractivity contribution in [1.29, 1.82) is 0 Å². The van der Waals surface area contributed by atoms with E-state index < -0.39 is 0 Å². The summed E-state index contributed by atoms with van der Waals surface area (Å²) in [5.74, 6) is 1.54. The third kappa shape index (κ3) is 7.18. The summed E-state index contributed by atoms with van der Waals surface area (Å²) in [4.78, 5) is 15.1. The summed E-state index contributed by atoms with van der Waals surface area (Å²) in [7, 11) is 0. The Morgan fingerprint density at radius 1 is 1.00 bits per heavy atom. The molecule has 6 heteroatoms. The summed E-state index contributed by atoms with van der Waals surface area (Å²) >= 11 is 0. The number of halogens is 2. The first-order chi connectivity index (χ1) is 11.7. The lowest BCUT2D eigenvalue weighted by Gasteiger charge is -2.39. The second-order valence-electron chi connectivity index (χ2n) is 8.44. The van der Waals surface area contributed by atoms with Gasteiger partial charge in [-0.2, -0.15) is 0 Å². The number of likely N-dealkylation sites (tertiary alicyclic amines) is 1. The molecule has 3 fully saturated rings. The van der Waals surface area contributed by atoms with Crippen LogP contribution in [0.4, 0.5) is 0 Å². The molecule has 1 aliphatic carbocycles. The van der Waals surface area contributed by atoms with Gasteiger partial charge in [0.15, 0.2) is 0 Å². The summed E-state index contributed by atoms with van der Waals surface area (Å²) in [5.41, 5.74) is 0. The van der Waals surface area contributed by atoms with Gasteiger partial charge in [-0.05, 0) is 63.5 Å². The Bertz CT molecular complexity index is 391. The maximum Gasteiger partial charge on any atom is 0.220 e. The molecule has 0 aromatic heterocycles. The number of carbonyl (C=O) groups excluding carboxylic acids is 1. The molecule has 0 bridgehead atoms. The van der Waals surface area contributed by atoms with E-state index in [-0.39, 0.29) is 30.7 Å². The lowest BCUT2D eigenvalue weighted by atomic mass is 9.84. The summed E-state index contributed by atoms with van der Waals surface area (Å²) < 4.78 is 0. The molecule has 2 heterocycles. The third-order valence-electron chi connectivity index (χ3n) is 6.68. The third-order valence-corrected chi connectivity index (χ3v) is 6.68. The number of rotatable bonds is 5. The molecule has 0 radical (unpaired) electrons. The monoisotopic (exact) mass is 407 g/mol. The lowest BCUT2D eigenvalue weighted by molar-refractivity contribution is -0.123. The maximum absolute atomic E-state index is 12.4. The van der Waals surface area contributed by atoms with Crippen molar-refractivity contribution in [2.24, 2.45) is 11.8 Å². The Balaban J connectivity index is 0.00000169. The summed E-state index contributed by atoms with van der Waals surface area (Å²) in [6, 6.07) is 1.24. The second kappa shape index (κ2) is 12.4. The number of piperidine rings is 2. The van der Waals surface area contributed by atoms with E-state index in [0.717, 1.165) is 37.9 Å². The Labute approximate surface area is 172 Å². The van der Waals surface area contributed by atoms with Crippen LogP contribution < -0.4 is 10.6 Å². The predicted molar refractivity (Wildman–Crippen MR) is 113 cm³/mol. The first-order valence-electron chi connectivity index (χ1n) is 10.5. The normalized spacial score (nSPS) is 25.0. The highest BCUT2D eigenvalue weighted by atomic mass is 35.5. The Morgan fingerprint density at radius 3 is 2.23 bits per heavy atom. The summed E-state index contributed by atoms with van der Waals surface area (Å²) in [5, 5.41) is 6.75. The highest BCUT2D eigenvalue weighted by Crippen LogP contribution is 2.26. The van der Waals surface area contributed by atoms with Crippen molar-refractivity contribution < 1.29 is 4.79 Å². The Morgan fingerprint density at radius 2 is 1.62 bits per heavy atom. The van der Waals surface area contributed by atoms with Crippen molar-refractivity contribution in [3.63, 3.8) is 0 Å². The molecule has 0 spiro atoms. The molecule has 3 aliphatic rings. The molecule has 26 heavy (non-hydrogen) atoms. The van der Waals surface area contributed by atoms with Crippen LogP contribution in [0, 0.1) is 11.8 Å². The van der Waals surface area contributed by atoms with E-state index in [4.69, 9.17) is 0 Å². The van der Waals surface area contributed by atoms with Gasteiger partial charge in [0.25, 0.3) is 0 Å². The molecule has 0 aromatic rings. The SMILES string of the molecule is CC(CC(=O)NC1CCN(C2CCCCC2)CC1)C1CCNCC1.Cl.Cl. The molecule has 1 atom stereocenters. The summed E-state index contributed by atoms with van der Waals surface area (Å²) in [6.45, 7) is 6.87. The van der Waals surface area contributed by atoms with E-state index >= 15 is 0 Å². The van der Waals surface area contributed by atoms with Crippen LogP contribution in [-0.4, -0.2) is 49.1 Å². The highest BCUT2D eigenvalue weighted by Gasteiger charge is 2.28. The van der Waals surface area contributed by atoms with Crippen molar-refractivity contribution in [3.05, 3.63) is 0 Å². The van der Waals surface area contributed by atoms with Crippen molar-refractivity contribution >= 4 is 30.7 Å². The molecule has 0 aromatic carbocycles. The van der Waals surface area contributed by atoms with Crippen LogP contribution in [-0.2, 0) is 4.79 Å². The van der Waals surface area contributed by atoms with E-state index in [2.05, 4.69) is 22.5 Å². The van der Waals surface area contributed by atoms with Crippen LogP contribution >= 0.6 is 24.8 Å². The Kier molecular flexibility index (Phi) is 11.5. The van der Waals surface area contributed by atoms with Gasteiger partial charge in [0.1, 0.15) is 0 Å². The van der Waals surface area contributed by atoms with Gasteiger partial charge < -0.3 is 15.5 Å². The van der Waals surface area contributed by atoms with Crippen LogP contribution in [0.1, 0.15) is 71.1 Å². The fourth-order valence-electron chi connectivity index (χ4n) is 5.01. The molecule has 2 N–H and O–H groups in total. The van der Waals surface area contributed by atoms with Gasteiger partial charge in [-0.15, -0.1) is 24.8 Å². The zero-order chi connectivity index (χ0) is 16.8. The molecule has 4 nitrogen and oxygen atoms in total. The number of carbonyl (C=O) groups is 1. The van der Waals surface area contributed by atoms with Gasteiger partial charge in [-0.3, -0.25) is 4.79 Å². The molecule has 2 aliphatic heterocycles. The van der Waals surface area contributed by atoms with Gasteiger partial charge >= 0.3 is 0 Å². The first-order valence-corrected chi connectivity index (χ1v) is 10.5. The molecular formula is C20H39Cl2N3O. The molecule has 3 rings (SSSR count). The van der Waals surface area contributed by atoms with Crippen molar-refractivity contribution in [2.45, 2.75) is 83.2 Å². The van der Waals surface area contributed by atoms with Crippen LogP contribution in [0.2, 0.25) is 0 Å². The quantitative estimate of drug-likeness (QED) is 0.728. The number of hydrogen-bond acceptors (Lipinski definition) is 3.